The number of rotatable bonds is 7. The highest BCUT2D eigenvalue weighted by Crippen LogP contribution is 2.11. The van der Waals surface area contributed by atoms with Crippen molar-refractivity contribution in [3.63, 3.8) is 0 Å². The van der Waals surface area contributed by atoms with Crippen molar-refractivity contribution in [3.8, 4) is 0 Å². The van der Waals surface area contributed by atoms with E-state index >= 15 is 0 Å². The Bertz CT molecular complexity index is 487. The average Bonchev–Trinajstić information content (AvgIpc) is 2.41. The van der Waals surface area contributed by atoms with Gasteiger partial charge in [-0.05, 0) is 25.5 Å². The van der Waals surface area contributed by atoms with Crippen molar-refractivity contribution < 1.29 is 18.4 Å². The van der Waals surface area contributed by atoms with E-state index in [0.717, 1.165) is 12.1 Å². The van der Waals surface area contributed by atoms with Crippen LogP contribution in [0.2, 0.25) is 0 Å². The van der Waals surface area contributed by atoms with Gasteiger partial charge in [-0.25, -0.2) is 8.78 Å². The first-order valence-electron chi connectivity index (χ1n) is 6.66. The topological polar surface area (TPSA) is 84.2 Å². The minimum absolute atomic E-state index is 0.0560. The van der Waals surface area contributed by atoms with Crippen LogP contribution in [0, 0.1) is 11.6 Å². The van der Waals surface area contributed by atoms with Crippen LogP contribution in [-0.2, 0) is 4.79 Å². The molecule has 0 saturated carbocycles. The van der Waals surface area contributed by atoms with Gasteiger partial charge in [-0.2, -0.15) is 0 Å². The minimum atomic E-state index is -0.923. The predicted molar refractivity (Wildman–Crippen MR) is 74.6 cm³/mol. The van der Waals surface area contributed by atoms with Crippen LogP contribution in [0.4, 0.5) is 8.78 Å². The Labute approximate surface area is 121 Å². The Morgan fingerprint density at radius 1 is 1.19 bits per heavy atom. The molecule has 0 heterocycles. The molecule has 1 rings (SSSR count). The summed E-state index contributed by atoms with van der Waals surface area (Å²) in [5.74, 6) is -2.88. The van der Waals surface area contributed by atoms with E-state index in [4.69, 9.17) is 5.73 Å². The zero-order chi connectivity index (χ0) is 15.8. The molecule has 2 amide bonds. The van der Waals surface area contributed by atoms with Gasteiger partial charge in [0.2, 0.25) is 5.91 Å². The van der Waals surface area contributed by atoms with E-state index in [2.05, 4.69) is 10.6 Å². The van der Waals surface area contributed by atoms with Crippen molar-refractivity contribution in [2.75, 3.05) is 13.1 Å². The van der Waals surface area contributed by atoms with Crippen LogP contribution >= 0.6 is 0 Å². The fraction of sp³-hybridized carbons (Fsp3) is 0.429. The molecule has 0 aliphatic heterocycles. The summed E-state index contributed by atoms with van der Waals surface area (Å²) in [6, 6.07) is 3.14. The van der Waals surface area contributed by atoms with Gasteiger partial charge in [0.25, 0.3) is 5.91 Å². The summed E-state index contributed by atoms with van der Waals surface area (Å²) in [6.45, 7) is 2.06. The maximum absolute atomic E-state index is 13.3. The molecule has 0 radical (unpaired) electrons. The van der Waals surface area contributed by atoms with Gasteiger partial charge in [-0.3, -0.25) is 9.59 Å². The lowest BCUT2D eigenvalue weighted by Gasteiger charge is -2.09. The third-order valence-corrected chi connectivity index (χ3v) is 2.75. The lowest BCUT2D eigenvalue weighted by molar-refractivity contribution is -0.121. The van der Waals surface area contributed by atoms with Crippen LogP contribution in [0.1, 0.15) is 30.1 Å². The van der Waals surface area contributed by atoms with Crippen molar-refractivity contribution in [1.82, 2.24) is 10.6 Å². The molecular weight excluding hydrogens is 280 g/mol. The van der Waals surface area contributed by atoms with Gasteiger partial charge in [-0.1, -0.05) is 6.07 Å². The molecule has 116 valence electrons. The van der Waals surface area contributed by atoms with Gasteiger partial charge in [0.15, 0.2) is 0 Å². The second-order valence-corrected chi connectivity index (χ2v) is 4.72. The SMILES string of the molecule is CC(N)CCC(=O)NCCNC(=O)c1c(F)cccc1F. The molecule has 5 nitrogen and oxygen atoms in total. The van der Waals surface area contributed by atoms with Crippen molar-refractivity contribution in [3.05, 3.63) is 35.4 Å². The van der Waals surface area contributed by atoms with E-state index in [1.165, 1.54) is 6.07 Å². The van der Waals surface area contributed by atoms with Gasteiger partial charge in [0.1, 0.15) is 17.2 Å². The number of amides is 2. The number of nitrogens with one attached hydrogen (secondary N) is 2. The van der Waals surface area contributed by atoms with E-state index in [-0.39, 0.29) is 25.0 Å². The van der Waals surface area contributed by atoms with Crippen molar-refractivity contribution in [1.29, 1.82) is 0 Å². The highest BCUT2D eigenvalue weighted by molar-refractivity contribution is 5.94. The first kappa shape index (κ1) is 17.0. The molecule has 0 saturated heterocycles. The summed E-state index contributed by atoms with van der Waals surface area (Å²) >= 11 is 0. The summed E-state index contributed by atoms with van der Waals surface area (Å²) in [5, 5.41) is 4.92. The van der Waals surface area contributed by atoms with Crippen molar-refractivity contribution in [2.45, 2.75) is 25.8 Å². The molecule has 1 unspecified atom stereocenters. The molecule has 1 aromatic rings. The third kappa shape index (κ3) is 5.86. The second kappa shape index (κ2) is 8.31. The van der Waals surface area contributed by atoms with Crippen molar-refractivity contribution in [2.24, 2.45) is 5.73 Å². The first-order valence-corrected chi connectivity index (χ1v) is 6.66. The summed E-state index contributed by atoms with van der Waals surface area (Å²) in [5.41, 5.74) is 4.90. The minimum Gasteiger partial charge on any atom is -0.354 e. The molecule has 0 spiro atoms. The van der Waals surface area contributed by atoms with E-state index in [1.54, 1.807) is 6.92 Å². The molecule has 0 aliphatic rings. The number of nitrogens with two attached hydrogens (primary N) is 1. The lowest BCUT2D eigenvalue weighted by atomic mass is 10.2. The van der Waals surface area contributed by atoms with Crippen molar-refractivity contribution >= 4 is 11.8 Å². The van der Waals surface area contributed by atoms with E-state index in [9.17, 15) is 18.4 Å². The van der Waals surface area contributed by atoms with Gasteiger partial charge in [0, 0.05) is 25.6 Å². The normalized spacial score (nSPS) is 11.8. The van der Waals surface area contributed by atoms with Gasteiger partial charge < -0.3 is 16.4 Å². The Hall–Kier alpha value is -2.02. The Balaban J connectivity index is 2.33. The van der Waals surface area contributed by atoms with Gasteiger partial charge in [0.05, 0.1) is 0 Å². The number of halogens is 2. The maximum atomic E-state index is 13.3. The molecule has 0 aromatic heterocycles. The molecular formula is C14H19F2N3O2. The highest BCUT2D eigenvalue weighted by Gasteiger charge is 2.16. The van der Waals surface area contributed by atoms with Gasteiger partial charge in [-0.15, -0.1) is 0 Å². The van der Waals surface area contributed by atoms with Crippen LogP contribution in [0.15, 0.2) is 18.2 Å². The van der Waals surface area contributed by atoms with Gasteiger partial charge >= 0.3 is 0 Å². The fourth-order valence-electron chi connectivity index (χ4n) is 1.63. The van der Waals surface area contributed by atoms with Crippen LogP contribution in [0.3, 0.4) is 0 Å². The average molecular weight is 299 g/mol. The number of benzene rings is 1. The largest absolute Gasteiger partial charge is 0.354 e. The maximum Gasteiger partial charge on any atom is 0.257 e. The number of carbonyl (C=O) groups is 2. The summed E-state index contributed by atoms with van der Waals surface area (Å²) in [4.78, 5) is 23.0. The second-order valence-electron chi connectivity index (χ2n) is 4.72. The molecule has 0 aliphatic carbocycles. The summed E-state index contributed by atoms with van der Waals surface area (Å²) in [6.07, 6.45) is 0.867. The monoisotopic (exact) mass is 299 g/mol. The molecule has 21 heavy (non-hydrogen) atoms. The summed E-state index contributed by atoms with van der Waals surface area (Å²) < 4.78 is 26.7. The molecule has 1 atom stereocenters. The van der Waals surface area contributed by atoms with E-state index in [1.807, 2.05) is 0 Å². The van der Waals surface area contributed by atoms with Crippen LogP contribution in [0.25, 0.3) is 0 Å². The Morgan fingerprint density at radius 2 is 1.76 bits per heavy atom. The molecule has 4 N–H and O–H groups in total. The molecule has 0 fully saturated rings. The zero-order valence-corrected chi connectivity index (χ0v) is 11.8. The first-order chi connectivity index (χ1) is 9.91. The lowest BCUT2D eigenvalue weighted by Crippen LogP contribution is -2.35. The molecule has 0 bridgehead atoms. The summed E-state index contributed by atoms with van der Waals surface area (Å²) in [7, 11) is 0. The Kier molecular flexibility index (Phi) is 6.74. The number of hydrogen-bond donors (Lipinski definition) is 3. The quantitative estimate of drug-likeness (QED) is 0.655. The number of carbonyl (C=O) groups excluding carboxylic acids is 2. The van der Waals surface area contributed by atoms with E-state index in [0.29, 0.717) is 12.8 Å². The van der Waals surface area contributed by atoms with Crippen LogP contribution in [-0.4, -0.2) is 30.9 Å². The van der Waals surface area contributed by atoms with Crippen LogP contribution < -0.4 is 16.4 Å². The Morgan fingerprint density at radius 3 is 2.33 bits per heavy atom. The zero-order valence-electron chi connectivity index (χ0n) is 11.8. The van der Waals surface area contributed by atoms with Crippen LogP contribution in [0.5, 0.6) is 0 Å². The standard InChI is InChI=1S/C14H19F2N3O2/c1-9(17)5-6-12(20)18-7-8-19-14(21)13-10(15)3-2-4-11(13)16/h2-4,9H,5-8,17H2,1H3,(H,18,20)(H,19,21). The third-order valence-electron chi connectivity index (χ3n) is 2.75. The molecule has 1 aromatic carbocycles. The predicted octanol–water partition coefficient (Wildman–Crippen LogP) is 0.938. The van der Waals surface area contributed by atoms with E-state index < -0.39 is 23.1 Å². The fourth-order valence-corrected chi connectivity index (χ4v) is 1.63. The number of hydrogen-bond acceptors (Lipinski definition) is 3. The smallest absolute Gasteiger partial charge is 0.257 e. The highest BCUT2D eigenvalue weighted by atomic mass is 19.1. The molecule has 7 heteroatoms.